The maximum atomic E-state index is 11.0. The maximum Gasteiger partial charge on any atom is 0.221 e. The number of hydrogen-bond acceptors (Lipinski definition) is 2. The third kappa shape index (κ3) is 2.67. The molecule has 0 bridgehead atoms. The summed E-state index contributed by atoms with van der Waals surface area (Å²) in [6, 6.07) is 5.73. The van der Waals surface area contributed by atoms with Gasteiger partial charge in [0.15, 0.2) is 0 Å². The van der Waals surface area contributed by atoms with Crippen molar-refractivity contribution in [3.63, 3.8) is 0 Å². The predicted molar refractivity (Wildman–Crippen MR) is 64.7 cm³/mol. The molecule has 3 nitrogen and oxygen atoms in total. The summed E-state index contributed by atoms with van der Waals surface area (Å²) in [6.45, 7) is 1.30. The molecule has 1 saturated heterocycles. The summed E-state index contributed by atoms with van der Waals surface area (Å²) in [5.74, 6) is 0.0923. The van der Waals surface area contributed by atoms with E-state index in [0.29, 0.717) is 29.6 Å². The minimum atomic E-state index is 0.0923. The van der Waals surface area contributed by atoms with E-state index in [4.69, 9.17) is 23.2 Å². The molecule has 1 aromatic carbocycles. The second-order valence-electron chi connectivity index (χ2n) is 3.80. The molecule has 1 heterocycles. The van der Waals surface area contributed by atoms with E-state index in [-0.39, 0.29) is 11.9 Å². The topological polar surface area (TPSA) is 41.1 Å². The number of benzene rings is 1. The van der Waals surface area contributed by atoms with Gasteiger partial charge in [0.1, 0.15) is 0 Å². The first-order valence-corrected chi connectivity index (χ1v) is 5.85. The van der Waals surface area contributed by atoms with Crippen molar-refractivity contribution >= 4 is 29.1 Å². The zero-order valence-electron chi connectivity index (χ0n) is 8.59. The zero-order valence-corrected chi connectivity index (χ0v) is 10.1. The average Bonchev–Trinajstić information content (AvgIpc) is 2.67. The Morgan fingerprint density at radius 1 is 1.44 bits per heavy atom. The minimum absolute atomic E-state index is 0.0923. The molecular formula is C11H12Cl2N2O. The predicted octanol–water partition coefficient (Wildman–Crippen LogP) is 1.97. The summed E-state index contributed by atoms with van der Waals surface area (Å²) in [5, 5.41) is 7.18. The van der Waals surface area contributed by atoms with Crippen LogP contribution >= 0.6 is 23.2 Å². The largest absolute Gasteiger partial charge is 0.354 e. The standard InChI is InChI=1S/C11H12Cl2N2O/c12-9-3-1-2-7(11(9)13)5-14-8-4-10(16)15-6-8/h1-3,8,14H,4-6H2,(H,15,16). The van der Waals surface area contributed by atoms with E-state index in [1.165, 1.54) is 0 Å². The number of nitrogens with one attached hydrogen (secondary N) is 2. The molecule has 86 valence electrons. The van der Waals surface area contributed by atoms with Gasteiger partial charge < -0.3 is 10.6 Å². The Morgan fingerprint density at radius 3 is 2.94 bits per heavy atom. The van der Waals surface area contributed by atoms with Crippen molar-refractivity contribution in [2.45, 2.75) is 19.0 Å². The van der Waals surface area contributed by atoms with E-state index >= 15 is 0 Å². The second kappa shape index (κ2) is 5.04. The Labute approximate surface area is 104 Å². The van der Waals surface area contributed by atoms with Crippen LogP contribution in [-0.4, -0.2) is 18.5 Å². The van der Waals surface area contributed by atoms with Gasteiger partial charge >= 0.3 is 0 Å². The van der Waals surface area contributed by atoms with Gasteiger partial charge in [0.25, 0.3) is 0 Å². The van der Waals surface area contributed by atoms with Crippen LogP contribution in [0.1, 0.15) is 12.0 Å². The highest BCUT2D eigenvalue weighted by molar-refractivity contribution is 6.42. The van der Waals surface area contributed by atoms with Crippen LogP contribution in [0.2, 0.25) is 10.0 Å². The van der Waals surface area contributed by atoms with Crippen LogP contribution in [0.4, 0.5) is 0 Å². The number of rotatable bonds is 3. The van der Waals surface area contributed by atoms with Gasteiger partial charge in [0.2, 0.25) is 5.91 Å². The van der Waals surface area contributed by atoms with Crippen LogP contribution in [0.15, 0.2) is 18.2 Å². The molecule has 1 aliphatic rings. The molecule has 2 N–H and O–H groups in total. The smallest absolute Gasteiger partial charge is 0.221 e. The number of halogens is 2. The average molecular weight is 259 g/mol. The maximum absolute atomic E-state index is 11.0. The van der Waals surface area contributed by atoms with Crippen LogP contribution in [0.3, 0.4) is 0 Å². The van der Waals surface area contributed by atoms with Crippen LogP contribution < -0.4 is 10.6 Å². The zero-order chi connectivity index (χ0) is 11.5. The molecule has 1 aliphatic heterocycles. The Kier molecular flexibility index (Phi) is 3.69. The number of hydrogen-bond donors (Lipinski definition) is 2. The van der Waals surface area contributed by atoms with Crippen molar-refractivity contribution in [3.8, 4) is 0 Å². The van der Waals surface area contributed by atoms with Gasteiger partial charge in [-0.1, -0.05) is 35.3 Å². The summed E-state index contributed by atoms with van der Waals surface area (Å²) in [6.07, 6.45) is 0.526. The van der Waals surface area contributed by atoms with Gasteiger partial charge in [-0.05, 0) is 11.6 Å². The highest BCUT2D eigenvalue weighted by Crippen LogP contribution is 2.25. The van der Waals surface area contributed by atoms with E-state index < -0.39 is 0 Å². The quantitative estimate of drug-likeness (QED) is 0.871. The summed E-state index contributed by atoms with van der Waals surface area (Å²) < 4.78 is 0. The van der Waals surface area contributed by atoms with E-state index in [9.17, 15) is 4.79 Å². The summed E-state index contributed by atoms with van der Waals surface area (Å²) in [5.41, 5.74) is 0.952. The van der Waals surface area contributed by atoms with Crippen molar-refractivity contribution < 1.29 is 4.79 Å². The Morgan fingerprint density at radius 2 is 2.25 bits per heavy atom. The highest BCUT2D eigenvalue weighted by Gasteiger charge is 2.20. The third-order valence-corrected chi connectivity index (χ3v) is 3.45. The Bertz CT molecular complexity index is 409. The molecule has 1 aromatic rings. The number of amides is 1. The molecule has 0 saturated carbocycles. The van der Waals surface area contributed by atoms with Gasteiger partial charge in [0.05, 0.1) is 10.0 Å². The summed E-state index contributed by atoms with van der Waals surface area (Å²) in [4.78, 5) is 11.0. The van der Waals surface area contributed by atoms with E-state index in [1.54, 1.807) is 6.07 Å². The van der Waals surface area contributed by atoms with Gasteiger partial charge in [-0.3, -0.25) is 4.79 Å². The van der Waals surface area contributed by atoms with E-state index in [2.05, 4.69) is 10.6 Å². The van der Waals surface area contributed by atoms with Crippen molar-refractivity contribution in [3.05, 3.63) is 33.8 Å². The van der Waals surface area contributed by atoms with Crippen molar-refractivity contribution in [2.24, 2.45) is 0 Å². The molecule has 1 amide bonds. The minimum Gasteiger partial charge on any atom is -0.354 e. The molecule has 2 rings (SSSR count). The number of carbonyl (C=O) groups is 1. The molecular weight excluding hydrogens is 247 g/mol. The Balaban J connectivity index is 1.94. The van der Waals surface area contributed by atoms with Crippen molar-refractivity contribution in [2.75, 3.05) is 6.54 Å². The lowest BCUT2D eigenvalue weighted by Crippen LogP contribution is -2.30. The lowest BCUT2D eigenvalue weighted by Gasteiger charge is -2.11. The van der Waals surface area contributed by atoms with E-state index in [1.807, 2.05) is 12.1 Å². The molecule has 5 heteroatoms. The fraction of sp³-hybridized carbons (Fsp3) is 0.364. The molecule has 1 atom stereocenters. The Hall–Kier alpha value is -0.770. The third-order valence-electron chi connectivity index (χ3n) is 2.59. The van der Waals surface area contributed by atoms with Crippen molar-refractivity contribution in [1.29, 1.82) is 0 Å². The first-order chi connectivity index (χ1) is 7.66. The van der Waals surface area contributed by atoms with Gasteiger partial charge in [0, 0.05) is 25.6 Å². The SMILES string of the molecule is O=C1CC(NCc2cccc(Cl)c2Cl)CN1. The first kappa shape index (κ1) is 11.7. The lowest BCUT2D eigenvalue weighted by molar-refractivity contribution is -0.119. The fourth-order valence-corrected chi connectivity index (χ4v) is 2.08. The van der Waals surface area contributed by atoms with Crippen LogP contribution in [0, 0.1) is 0 Å². The summed E-state index contributed by atoms with van der Waals surface area (Å²) >= 11 is 12.0. The van der Waals surface area contributed by atoms with Crippen molar-refractivity contribution in [1.82, 2.24) is 10.6 Å². The monoisotopic (exact) mass is 258 g/mol. The number of carbonyl (C=O) groups excluding carboxylic acids is 1. The molecule has 1 fully saturated rings. The van der Waals surface area contributed by atoms with Gasteiger partial charge in [-0.15, -0.1) is 0 Å². The highest BCUT2D eigenvalue weighted by atomic mass is 35.5. The normalized spacial score (nSPS) is 19.9. The molecule has 0 aliphatic carbocycles. The summed E-state index contributed by atoms with van der Waals surface area (Å²) in [7, 11) is 0. The van der Waals surface area contributed by atoms with Gasteiger partial charge in [-0.25, -0.2) is 0 Å². The molecule has 16 heavy (non-hydrogen) atoms. The molecule has 0 spiro atoms. The molecule has 0 radical (unpaired) electrons. The first-order valence-electron chi connectivity index (χ1n) is 5.10. The van der Waals surface area contributed by atoms with Crippen LogP contribution in [0.5, 0.6) is 0 Å². The lowest BCUT2D eigenvalue weighted by atomic mass is 10.2. The fourth-order valence-electron chi connectivity index (χ4n) is 1.69. The van der Waals surface area contributed by atoms with Crippen LogP contribution in [0.25, 0.3) is 0 Å². The second-order valence-corrected chi connectivity index (χ2v) is 4.58. The van der Waals surface area contributed by atoms with Crippen LogP contribution in [-0.2, 0) is 11.3 Å². The molecule has 0 aromatic heterocycles. The van der Waals surface area contributed by atoms with E-state index in [0.717, 1.165) is 5.56 Å². The van der Waals surface area contributed by atoms with Gasteiger partial charge in [-0.2, -0.15) is 0 Å². The molecule has 1 unspecified atom stereocenters.